The average Bonchev–Trinajstić information content (AvgIpc) is 3.00. The van der Waals surface area contributed by atoms with Crippen LogP contribution >= 0.6 is 23.2 Å². The van der Waals surface area contributed by atoms with E-state index in [1.807, 2.05) is 0 Å². The van der Waals surface area contributed by atoms with Gasteiger partial charge >= 0.3 is 5.97 Å². The minimum Gasteiger partial charge on any atom is -0.468 e. The summed E-state index contributed by atoms with van der Waals surface area (Å²) in [5.74, 6) is -0.854. The van der Waals surface area contributed by atoms with Crippen LogP contribution in [0, 0.1) is 0 Å². The van der Waals surface area contributed by atoms with Crippen molar-refractivity contribution in [1.29, 1.82) is 0 Å². The quantitative estimate of drug-likeness (QED) is 0.629. The Hall–Kier alpha value is -1.33. The number of hydrogen-bond donors (Lipinski definition) is 0. The summed E-state index contributed by atoms with van der Waals surface area (Å²) in [6, 6.07) is 3.05. The van der Waals surface area contributed by atoms with Crippen LogP contribution < -0.4 is 0 Å². The third kappa shape index (κ3) is 3.86. The number of nitrogens with zero attached hydrogens (tertiary/aromatic N) is 2. The highest BCUT2D eigenvalue weighted by Gasteiger charge is 2.31. The van der Waals surface area contributed by atoms with E-state index < -0.39 is 5.97 Å². The van der Waals surface area contributed by atoms with Gasteiger partial charge in [-0.2, -0.15) is 0 Å². The molecule has 5 nitrogen and oxygen atoms in total. The van der Waals surface area contributed by atoms with Crippen molar-refractivity contribution in [3.05, 3.63) is 28.0 Å². The van der Waals surface area contributed by atoms with Gasteiger partial charge in [-0.3, -0.25) is 9.59 Å². The zero-order valence-corrected chi connectivity index (χ0v) is 13.2. The second kappa shape index (κ2) is 7.09. The van der Waals surface area contributed by atoms with Gasteiger partial charge in [0.2, 0.25) is 0 Å². The Balaban J connectivity index is 2.28. The van der Waals surface area contributed by atoms with E-state index in [2.05, 4.69) is 9.72 Å². The molecular weight excluding hydrogens is 315 g/mol. The molecular formula is C14H16Cl2N2O3. The number of methoxy groups -OCH3 is 1. The molecule has 1 saturated carbocycles. The van der Waals surface area contributed by atoms with Crippen molar-refractivity contribution >= 4 is 35.1 Å². The first-order chi connectivity index (χ1) is 10.0. The first kappa shape index (κ1) is 16.0. The highest BCUT2D eigenvalue weighted by atomic mass is 35.5. The van der Waals surface area contributed by atoms with E-state index in [-0.39, 0.29) is 34.4 Å². The largest absolute Gasteiger partial charge is 0.468 e. The summed E-state index contributed by atoms with van der Waals surface area (Å²) in [7, 11) is 1.30. The van der Waals surface area contributed by atoms with Crippen LogP contribution in [-0.2, 0) is 9.53 Å². The smallest absolute Gasteiger partial charge is 0.325 e. The minimum absolute atomic E-state index is 0.00782. The van der Waals surface area contributed by atoms with Gasteiger partial charge in [0.25, 0.3) is 5.91 Å². The van der Waals surface area contributed by atoms with E-state index >= 15 is 0 Å². The number of carbonyl (C=O) groups is 2. The Bertz CT molecular complexity index is 545. The highest BCUT2D eigenvalue weighted by molar-refractivity contribution is 6.34. The van der Waals surface area contributed by atoms with Crippen molar-refractivity contribution in [1.82, 2.24) is 9.88 Å². The molecule has 21 heavy (non-hydrogen) atoms. The summed E-state index contributed by atoms with van der Waals surface area (Å²) < 4.78 is 4.67. The van der Waals surface area contributed by atoms with E-state index in [1.165, 1.54) is 24.1 Å². The fourth-order valence-corrected chi connectivity index (χ4v) is 2.82. The summed E-state index contributed by atoms with van der Waals surface area (Å²) in [5.41, 5.74) is 0.0694. The van der Waals surface area contributed by atoms with Crippen molar-refractivity contribution < 1.29 is 14.3 Å². The maximum absolute atomic E-state index is 12.7. The molecule has 114 valence electrons. The second-order valence-electron chi connectivity index (χ2n) is 4.91. The normalized spacial score (nSPS) is 15.0. The van der Waals surface area contributed by atoms with E-state index in [4.69, 9.17) is 23.2 Å². The SMILES string of the molecule is COC(=O)CN(C(=O)c1nc(Cl)ccc1Cl)C1CCCC1. The molecule has 1 fully saturated rings. The Morgan fingerprint density at radius 2 is 2.00 bits per heavy atom. The van der Waals surface area contributed by atoms with Gasteiger partial charge in [-0.1, -0.05) is 36.0 Å². The van der Waals surface area contributed by atoms with Gasteiger partial charge in [0.1, 0.15) is 17.4 Å². The topological polar surface area (TPSA) is 59.5 Å². The maximum atomic E-state index is 12.7. The van der Waals surface area contributed by atoms with Crippen LogP contribution in [0.15, 0.2) is 12.1 Å². The lowest BCUT2D eigenvalue weighted by molar-refractivity contribution is -0.141. The predicted octanol–water partition coefficient (Wildman–Crippen LogP) is 2.95. The molecule has 0 aromatic carbocycles. The van der Waals surface area contributed by atoms with E-state index in [0.29, 0.717) is 0 Å². The van der Waals surface area contributed by atoms with Gasteiger partial charge in [0.05, 0.1) is 12.1 Å². The third-order valence-electron chi connectivity index (χ3n) is 3.57. The maximum Gasteiger partial charge on any atom is 0.325 e. The number of halogens is 2. The summed E-state index contributed by atoms with van der Waals surface area (Å²) in [6.45, 7) is -0.107. The summed E-state index contributed by atoms with van der Waals surface area (Å²) in [6.07, 6.45) is 3.79. The van der Waals surface area contributed by atoms with E-state index in [9.17, 15) is 9.59 Å². The van der Waals surface area contributed by atoms with Crippen molar-refractivity contribution in [2.75, 3.05) is 13.7 Å². The van der Waals surface area contributed by atoms with Crippen molar-refractivity contribution in [3.63, 3.8) is 0 Å². The van der Waals surface area contributed by atoms with Crippen LogP contribution in [0.3, 0.4) is 0 Å². The summed E-state index contributed by atoms with van der Waals surface area (Å²) in [4.78, 5) is 29.7. The van der Waals surface area contributed by atoms with Crippen molar-refractivity contribution in [2.45, 2.75) is 31.7 Å². The fourth-order valence-electron chi connectivity index (χ4n) is 2.49. The number of aromatic nitrogens is 1. The van der Waals surface area contributed by atoms with E-state index in [1.54, 1.807) is 0 Å². The molecule has 0 unspecified atom stereocenters. The number of hydrogen-bond acceptors (Lipinski definition) is 4. The molecule has 1 heterocycles. The Labute approximate surface area is 133 Å². The molecule has 0 atom stereocenters. The second-order valence-corrected chi connectivity index (χ2v) is 5.71. The van der Waals surface area contributed by atoms with Gasteiger partial charge < -0.3 is 9.64 Å². The number of rotatable bonds is 4. The van der Waals surface area contributed by atoms with Crippen LogP contribution in [0.5, 0.6) is 0 Å². The van der Waals surface area contributed by atoms with Crippen molar-refractivity contribution in [2.24, 2.45) is 0 Å². The molecule has 0 spiro atoms. The lowest BCUT2D eigenvalue weighted by Gasteiger charge is -2.27. The predicted molar refractivity (Wildman–Crippen MR) is 79.6 cm³/mol. The molecule has 1 aliphatic rings. The standard InChI is InChI=1S/C14H16Cl2N2O3/c1-21-12(19)8-18(9-4-2-3-5-9)14(20)13-10(15)6-7-11(16)17-13/h6-7,9H,2-5,8H2,1H3. The molecule has 1 aromatic heterocycles. The van der Waals surface area contributed by atoms with Crippen LogP contribution in [-0.4, -0.2) is 41.5 Å². The molecule has 0 bridgehead atoms. The zero-order chi connectivity index (χ0) is 15.4. The van der Waals surface area contributed by atoms with Crippen LogP contribution in [0.1, 0.15) is 36.2 Å². The minimum atomic E-state index is -0.464. The fraction of sp³-hybridized carbons (Fsp3) is 0.500. The number of amides is 1. The molecule has 1 aliphatic carbocycles. The monoisotopic (exact) mass is 330 g/mol. The number of carbonyl (C=O) groups excluding carboxylic acids is 2. The van der Waals surface area contributed by atoms with E-state index in [0.717, 1.165) is 25.7 Å². The Morgan fingerprint density at radius 1 is 1.33 bits per heavy atom. The molecule has 7 heteroatoms. The zero-order valence-electron chi connectivity index (χ0n) is 11.6. The Morgan fingerprint density at radius 3 is 2.62 bits per heavy atom. The molecule has 0 saturated heterocycles. The van der Waals surface area contributed by atoms with Gasteiger partial charge in [-0.25, -0.2) is 4.98 Å². The first-order valence-electron chi connectivity index (χ1n) is 6.72. The number of esters is 1. The lowest BCUT2D eigenvalue weighted by atomic mass is 10.2. The molecule has 2 rings (SSSR count). The van der Waals surface area contributed by atoms with Gasteiger partial charge in [-0.15, -0.1) is 0 Å². The number of pyridine rings is 1. The molecule has 0 aliphatic heterocycles. The average molecular weight is 331 g/mol. The lowest BCUT2D eigenvalue weighted by Crippen LogP contribution is -2.43. The number of ether oxygens (including phenoxy) is 1. The molecule has 1 amide bonds. The van der Waals surface area contributed by atoms with Crippen LogP contribution in [0.4, 0.5) is 0 Å². The Kier molecular flexibility index (Phi) is 5.42. The van der Waals surface area contributed by atoms with Crippen LogP contribution in [0.2, 0.25) is 10.2 Å². The highest BCUT2D eigenvalue weighted by Crippen LogP contribution is 2.26. The summed E-state index contributed by atoms with van der Waals surface area (Å²) >= 11 is 11.9. The molecule has 1 aromatic rings. The van der Waals surface area contributed by atoms with Gasteiger partial charge in [0.15, 0.2) is 0 Å². The first-order valence-corrected chi connectivity index (χ1v) is 7.48. The molecule has 0 N–H and O–H groups in total. The van der Waals surface area contributed by atoms with Gasteiger partial charge in [0, 0.05) is 6.04 Å². The van der Waals surface area contributed by atoms with Crippen LogP contribution in [0.25, 0.3) is 0 Å². The van der Waals surface area contributed by atoms with Crippen molar-refractivity contribution in [3.8, 4) is 0 Å². The van der Waals surface area contributed by atoms with Gasteiger partial charge in [-0.05, 0) is 25.0 Å². The third-order valence-corrected chi connectivity index (χ3v) is 4.08. The summed E-state index contributed by atoms with van der Waals surface area (Å²) in [5, 5.41) is 0.407. The molecule has 0 radical (unpaired) electrons.